The number of carboxylic acid groups (broad SMARTS) is 1. The van der Waals surface area contributed by atoms with Crippen molar-refractivity contribution in [2.24, 2.45) is 0 Å². The molecule has 4 aromatic rings. The van der Waals surface area contributed by atoms with Crippen LogP contribution in [0.15, 0.2) is 84.9 Å². The number of amides is 2. The van der Waals surface area contributed by atoms with E-state index >= 15 is 0 Å². The minimum atomic E-state index is -1.20. The summed E-state index contributed by atoms with van der Waals surface area (Å²) in [4.78, 5) is 31.5. The Labute approximate surface area is 221 Å². The van der Waals surface area contributed by atoms with Crippen LogP contribution in [0, 0.1) is 12.7 Å². The molecule has 0 spiro atoms. The number of hydrogen-bond donors (Lipinski definition) is 3. The van der Waals surface area contributed by atoms with Crippen molar-refractivity contribution in [3.63, 3.8) is 0 Å². The first-order chi connectivity index (χ1) is 18.3. The predicted molar refractivity (Wildman–Crippen MR) is 148 cm³/mol. The number of anilines is 3. The van der Waals surface area contributed by atoms with Crippen LogP contribution < -0.4 is 15.5 Å². The Kier molecular flexibility index (Phi) is 8.33. The van der Waals surface area contributed by atoms with Crippen molar-refractivity contribution >= 4 is 29.2 Å². The molecule has 0 aliphatic carbocycles. The van der Waals surface area contributed by atoms with Gasteiger partial charge in [-0.25, -0.2) is 19.0 Å². The van der Waals surface area contributed by atoms with E-state index < -0.39 is 17.8 Å². The van der Waals surface area contributed by atoms with Gasteiger partial charge >= 0.3 is 12.0 Å². The van der Waals surface area contributed by atoms with E-state index in [0.717, 1.165) is 29.7 Å². The molecule has 3 N–H and O–H groups in total. The SMILES string of the molecule is CCCN(Cc1ccccc1)c1cc(NC(=O)Nc2ccc(C)cc2)cc(-c2cc(F)ccc2C(=O)O)n1. The fraction of sp³-hybridized carbons (Fsp3) is 0.167. The molecule has 0 unspecified atom stereocenters. The largest absolute Gasteiger partial charge is 0.478 e. The maximum Gasteiger partial charge on any atom is 0.336 e. The van der Waals surface area contributed by atoms with E-state index in [2.05, 4.69) is 10.6 Å². The van der Waals surface area contributed by atoms with E-state index in [-0.39, 0.29) is 16.8 Å². The predicted octanol–water partition coefficient (Wildman–Crippen LogP) is 6.95. The fourth-order valence-corrected chi connectivity index (χ4v) is 4.08. The van der Waals surface area contributed by atoms with Gasteiger partial charge in [0.25, 0.3) is 0 Å². The van der Waals surface area contributed by atoms with Gasteiger partial charge in [-0.2, -0.15) is 0 Å². The third-order valence-electron chi connectivity index (χ3n) is 5.90. The summed E-state index contributed by atoms with van der Waals surface area (Å²) in [5, 5.41) is 15.3. The van der Waals surface area contributed by atoms with Crippen molar-refractivity contribution in [3.8, 4) is 11.3 Å². The molecule has 4 rings (SSSR count). The van der Waals surface area contributed by atoms with Crippen LogP contribution in [0.3, 0.4) is 0 Å². The lowest BCUT2D eigenvalue weighted by atomic mass is 10.0. The molecule has 1 aromatic heterocycles. The van der Waals surface area contributed by atoms with Crippen molar-refractivity contribution < 1.29 is 19.1 Å². The van der Waals surface area contributed by atoms with Crippen molar-refractivity contribution in [2.45, 2.75) is 26.8 Å². The molecule has 0 saturated carbocycles. The van der Waals surface area contributed by atoms with Crippen molar-refractivity contribution in [3.05, 3.63) is 107 Å². The van der Waals surface area contributed by atoms with Gasteiger partial charge in [-0.3, -0.25) is 0 Å². The molecular formula is C30H29FN4O3. The smallest absolute Gasteiger partial charge is 0.336 e. The van der Waals surface area contributed by atoms with Crippen molar-refractivity contribution in [2.75, 3.05) is 22.1 Å². The monoisotopic (exact) mass is 512 g/mol. The maximum atomic E-state index is 14.2. The van der Waals surface area contributed by atoms with E-state index in [1.54, 1.807) is 24.3 Å². The summed E-state index contributed by atoms with van der Waals surface area (Å²) < 4.78 is 14.2. The number of aryl methyl sites for hydroxylation is 1. The van der Waals surface area contributed by atoms with Gasteiger partial charge in [-0.1, -0.05) is 55.0 Å². The Hall–Kier alpha value is -4.72. The number of nitrogens with one attached hydrogen (secondary N) is 2. The number of pyridine rings is 1. The van der Waals surface area contributed by atoms with Gasteiger partial charge in [0.15, 0.2) is 0 Å². The van der Waals surface area contributed by atoms with E-state index in [4.69, 9.17) is 4.98 Å². The number of aromatic carboxylic acids is 1. The zero-order chi connectivity index (χ0) is 27.1. The summed E-state index contributed by atoms with van der Waals surface area (Å²) >= 11 is 0. The number of urea groups is 1. The molecule has 194 valence electrons. The van der Waals surface area contributed by atoms with Crippen molar-refractivity contribution in [1.29, 1.82) is 0 Å². The molecule has 8 heteroatoms. The van der Waals surface area contributed by atoms with Gasteiger partial charge in [0.05, 0.1) is 11.3 Å². The van der Waals surface area contributed by atoms with E-state index in [0.29, 0.717) is 30.3 Å². The van der Waals surface area contributed by atoms with Gasteiger partial charge in [0.1, 0.15) is 11.6 Å². The molecule has 2 amide bonds. The Bertz CT molecular complexity index is 1430. The second-order valence-electron chi connectivity index (χ2n) is 8.95. The zero-order valence-electron chi connectivity index (χ0n) is 21.2. The van der Waals surface area contributed by atoms with Gasteiger partial charge in [0, 0.05) is 36.1 Å². The second-order valence-corrected chi connectivity index (χ2v) is 8.95. The number of halogens is 1. The number of aromatic nitrogens is 1. The number of carbonyl (C=O) groups is 2. The summed E-state index contributed by atoms with van der Waals surface area (Å²) in [7, 11) is 0. The summed E-state index contributed by atoms with van der Waals surface area (Å²) in [6.07, 6.45) is 0.829. The lowest BCUT2D eigenvalue weighted by Crippen LogP contribution is -2.25. The normalized spacial score (nSPS) is 10.6. The van der Waals surface area contributed by atoms with Crippen LogP contribution in [0.2, 0.25) is 0 Å². The number of benzene rings is 3. The third-order valence-corrected chi connectivity index (χ3v) is 5.90. The van der Waals surface area contributed by atoms with Gasteiger partial charge < -0.3 is 20.6 Å². The van der Waals surface area contributed by atoms with Crippen LogP contribution in [0.1, 0.15) is 34.8 Å². The lowest BCUT2D eigenvalue weighted by molar-refractivity contribution is 0.0697. The minimum absolute atomic E-state index is 0.0868. The highest BCUT2D eigenvalue weighted by molar-refractivity contribution is 6.01. The molecular weight excluding hydrogens is 483 g/mol. The average molecular weight is 513 g/mol. The quantitative estimate of drug-likeness (QED) is 0.225. The Morgan fingerprint density at radius 1 is 0.921 bits per heavy atom. The maximum absolute atomic E-state index is 14.2. The summed E-state index contributed by atoms with van der Waals surface area (Å²) in [6, 6.07) is 23.5. The number of nitrogens with zero attached hydrogens (tertiary/aromatic N) is 2. The molecule has 0 bridgehead atoms. The molecule has 0 saturated heterocycles. The topological polar surface area (TPSA) is 94.6 Å². The molecule has 0 radical (unpaired) electrons. The molecule has 0 atom stereocenters. The molecule has 7 nitrogen and oxygen atoms in total. The van der Waals surface area contributed by atoms with Crippen molar-refractivity contribution in [1.82, 2.24) is 4.98 Å². The molecule has 0 aliphatic rings. The lowest BCUT2D eigenvalue weighted by Gasteiger charge is -2.25. The van der Waals surface area contributed by atoms with Crippen LogP contribution in [0.4, 0.5) is 26.4 Å². The standard InChI is InChI=1S/C30H29FN4O3/c1-3-15-35(19-21-7-5-4-6-8-21)28-18-24(33-30(38)32-23-12-9-20(2)10-13-23)17-27(34-28)26-16-22(31)11-14-25(26)29(36)37/h4-14,16-18H,3,15,19H2,1-2H3,(H,36,37)(H2,32,33,34,38). The number of carbonyl (C=O) groups excluding carboxylic acids is 1. The first kappa shape index (κ1) is 26.3. The summed E-state index contributed by atoms with van der Waals surface area (Å²) in [6.45, 7) is 5.22. The van der Waals surface area contributed by atoms with Gasteiger partial charge in [-0.15, -0.1) is 0 Å². The first-order valence-electron chi connectivity index (χ1n) is 12.3. The minimum Gasteiger partial charge on any atom is -0.478 e. The second kappa shape index (κ2) is 12.0. The van der Waals surface area contributed by atoms with Gasteiger partial charge in [0.2, 0.25) is 0 Å². The van der Waals surface area contributed by atoms with E-state index in [1.165, 1.54) is 6.07 Å². The molecule has 0 fully saturated rings. The highest BCUT2D eigenvalue weighted by atomic mass is 19.1. The van der Waals surface area contributed by atoms with Gasteiger partial charge in [-0.05, 0) is 55.3 Å². The molecule has 1 heterocycles. The summed E-state index contributed by atoms with van der Waals surface area (Å²) in [5.74, 6) is -1.26. The molecule has 38 heavy (non-hydrogen) atoms. The molecule has 3 aromatic carbocycles. The Balaban J connectivity index is 1.75. The zero-order valence-corrected chi connectivity index (χ0v) is 21.2. The summed E-state index contributed by atoms with van der Waals surface area (Å²) in [5.41, 5.74) is 3.42. The van der Waals surface area contributed by atoms with Crippen LogP contribution in [0.25, 0.3) is 11.3 Å². The highest BCUT2D eigenvalue weighted by Gasteiger charge is 2.18. The average Bonchev–Trinajstić information content (AvgIpc) is 2.90. The van der Waals surface area contributed by atoms with E-state index in [1.807, 2.05) is 61.2 Å². The van der Waals surface area contributed by atoms with Crippen LogP contribution >= 0.6 is 0 Å². The van der Waals surface area contributed by atoms with Crippen LogP contribution in [-0.4, -0.2) is 28.6 Å². The van der Waals surface area contributed by atoms with Crippen LogP contribution in [0.5, 0.6) is 0 Å². The van der Waals surface area contributed by atoms with Crippen LogP contribution in [-0.2, 0) is 6.54 Å². The fourth-order valence-electron chi connectivity index (χ4n) is 4.08. The number of rotatable bonds is 9. The molecule has 0 aliphatic heterocycles. The first-order valence-corrected chi connectivity index (χ1v) is 12.3. The number of hydrogen-bond acceptors (Lipinski definition) is 4. The Morgan fingerprint density at radius 3 is 2.32 bits per heavy atom. The van der Waals surface area contributed by atoms with E-state index in [9.17, 15) is 19.1 Å². The Morgan fingerprint density at radius 2 is 1.63 bits per heavy atom. The highest BCUT2D eigenvalue weighted by Crippen LogP contribution is 2.30. The number of carboxylic acids is 1. The third kappa shape index (κ3) is 6.73.